The van der Waals surface area contributed by atoms with Crippen LogP contribution in [-0.2, 0) is 12.6 Å². The lowest BCUT2D eigenvalue weighted by Crippen LogP contribution is -2.35. The van der Waals surface area contributed by atoms with E-state index in [0.29, 0.717) is 12.3 Å². The first-order chi connectivity index (χ1) is 9.00. The first kappa shape index (κ1) is 14.7. The van der Waals surface area contributed by atoms with Crippen molar-refractivity contribution >= 4 is 11.8 Å². The van der Waals surface area contributed by atoms with E-state index >= 15 is 0 Å². The fraction of sp³-hybridized carbons (Fsp3) is 0.571. The van der Waals surface area contributed by atoms with Crippen LogP contribution in [0.4, 0.5) is 13.2 Å². The maximum atomic E-state index is 12.7. The van der Waals surface area contributed by atoms with Crippen molar-refractivity contribution in [3.63, 3.8) is 0 Å². The summed E-state index contributed by atoms with van der Waals surface area (Å²) in [6.07, 6.45) is -2.45. The summed E-state index contributed by atoms with van der Waals surface area (Å²) in [5.74, 6) is 2.82. The van der Waals surface area contributed by atoms with E-state index in [9.17, 15) is 13.2 Å². The Morgan fingerprint density at radius 3 is 2.79 bits per heavy atom. The Kier molecular flexibility index (Phi) is 4.79. The largest absolute Gasteiger partial charge is 0.416 e. The third-order valence-electron chi connectivity index (χ3n) is 3.61. The summed E-state index contributed by atoms with van der Waals surface area (Å²) >= 11 is 1.92. The zero-order chi connectivity index (χ0) is 13.9. The van der Waals surface area contributed by atoms with Crippen LogP contribution in [0, 0.1) is 5.92 Å². The molecular weight excluding hydrogens is 271 g/mol. The summed E-state index contributed by atoms with van der Waals surface area (Å²) in [7, 11) is 1.89. The van der Waals surface area contributed by atoms with Crippen LogP contribution in [0.5, 0.6) is 0 Å². The second-order valence-electron chi connectivity index (χ2n) is 4.92. The molecule has 2 unspecified atom stereocenters. The van der Waals surface area contributed by atoms with Crippen LogP contribution in [-0.4, -0.2) is 24.6 Å². The normalized spacial score (nSPS) is 21.6. The Morgan fingerprint density at radius 2 is 2.21 bits per heavy atom. The van der Waals surface area contributed by atoms with Crippen molar-refractivity contribution in [3.05, 3.63) is 35.4 Å². The lowest BCUT2D eigenvalue weighted by molar-refractivity contribution is -0.137. The molecule has 0 saturated carbocycles. The van der Waals surface area contributed by atoms with Gasteiger partial charge >= 0.3 is 6.18 Å². The van der Waals surface area contributed by atoms with E-state index in [1.165, 1.54) is 12.1 Å². The molecule has 0 radical (unpaired) electrons. The second-order valence-corrected chi connectivity index (χ2v) is 6.07. The van der Waals surface area contributed by atoms with Gasteiger partial charge in [-0.3, -0.25) is 0 Å². The van der Waals surface area contributed by atoms with Gasteiger partial charge in [-0.05, 0) is 48.9 Å². The van der Waals surface area contributed by atoms with E-state index in [-0.39, 0.29) is 6.04 Å². The monoisotopic (exact) mass is 289 g/mol. The highest BCUT2D eigenvalue weighted by Crippen LogP contribution is 2.31. The van der Waals surface area contributed by atoms with Crippen LogP contribution in [0.25, 0.3) is 0 Å². The maximum absolute atomic E-state index is 12.7. The van der Waals surface area contributed by atoms with E-state index in [0.717, 1.165) is 29.6 Å². The van der Waals surface area contributed by atoms with Gasteiger partial charge in [-0.25, -0.2) is 0 Å². The lowest BCUT2D eigenvalue weighted by atomic mass is 9.92. The minimum Gasteiger partial charge on any atom is -0.316 e. The quantitative estimate of drug-likeness (QED) is 0.909. The van der Waals surface area contributed by atoms with Crippen LogP contribution in [0.3, 0.4) is 0 Å². The Morgan fingerprint density at radius 1 is 1.42 bits per heavy atom. The van der Waals surface area contributed by atoms with Gasteiger partial charge in [0.25, 0.3) is 0 Å². The van der Waals surface area contributed by atoms with E-state index in [1.807, 2.05) is 18.8 Å². The molecular formula is C14H18F3NS. The number of hydrogen-bond acceptors (Lipinski definition) is 2. The predicted octanol–water partition coefficient (Wildman–Crippen LogP) is 3.59. The van der Waals surface area contributed by atoms with Crippen molar-refractivity contribution in [3.8, 4) is 0 Å². The van der Waals surface area contributed by atoms with Gasteiger partial charge in [0.1, 0.15) is 0 Å². The van der Waals surface area contributed by atoms with Gasteiger partial charge in [0.05, 0.1) is 5.56 Å². The number of halogens is 3. The number of likely N-dealkylation sites (N-methyl/N-ethyl adjacent to an activating group) is 1. The second kappa shape index (κ2) is 6.18. The summed E-state index contributed by atoms with van der Waals surface area (Å²) in [5, 5.41) is 3.26. The van der Waals surface area contributed by atoms with Crippen molar-refractivity contribution in [1.82, 2.24) is 5.32 Å². The van der Waals surface area contributed by atoms with Crippen molar-refractivity contribution in [2.75, 3.05) is 18.6 Å². The Balaban J connectivity index is 2.09. The Bertz CT molecular complexity index is 413. The molecule has 0 bridgehead atoms. The molecule has 1 nitrogen and oxygen atoms in total. The van der Waals surface area contributed by atoms with E-state index in [1.54, 1.807) is 6.07 Å². The predicted molar refractivity (Wildman–Crippen MR) is 73.4 cm³/mol. The Hall–Kier alpha value is -0.680. The third-order valence-corrected chi connectivity index (χ3v) is 4.80. The molecule has 1 aliphatic heterocycles. The molecule has 1 heterocycles. The van der Waals surface area contributed by atoms with Crippen molar-refractivity contribution in [2.45, 2.75) is 25.1 Å². The van der Waals surface area contributed by atoms with Gasteiger partial charge in [0.2, 0.25) is 0 Å². The van der Waals surface area contributed by atoms with Crippen LogP contribution in [0.1, 0.15) is 17.5 Å². The molecule has 2 rings (SSSR count). The molecule has 1 aliphatic rings. The summed E-state index contributed by atoms with van der Waals surface area (Å²) < 4.78 is 38.0. The molecule has 1 aromatic carbocycles. The zero-order valence-electron chi connectivity index (χ0n) is 10.8. The summed E-state index contributed by atoms with van der Waals surface area (Å²) in [6, 6.07) is 5.93. The van der Waals surface area contributed by atoms with Crippen LogP contribution >= 0.6 is 11.8 Å². The third kappa shape index (κ3) is 3.89. The highest BCUT2D eigenvalue weighted by Gasteiger charge is 2.31. The lowest BCUT2D eigenvalue weighted by Gasteiger charge is -2.22. The molecule has 0 aromatic heterocycles. The first-order valence-electron chi connectivity index (χ1n) is 6.42. The van der Waals surface area contributed by atoms with Gasteiger partial charge in [0.15, 0.2) is 0 Å². The van der Waals surface area contributed by atoms with Gasteiger partial charge in [-0.2, -0.15) is 24.9 Å². The summed E-state index contributed by atoms with van der Waals surface area (Å²) in [6.45, 7) is 0. The van der Waals surface area contributed by atoms with Crippen molar-refractivity contribution in [1.29, 1.82) is 0 Å². The topological polar surface area (TPSA) is 12.0 Å². The molecule has 2 atom stereocenters. The van der Waals surface area contributed by atoms with E-state index < -0.39 is 11.7 Å². The molecule has 1 N–H and O–H groups in total. The molecule has 19 heavy (non-hydrogen) atoms. The van der Waals surface area contributed by atoms with Gasteiger partial charge in [0, 0.05) is 6.04 Å². The Labute approximate surface area is 116 Å². The van der Waals surface area contributed by atoms with Crippen LogP contribution in [0.2, 0.25) is 0 Å². The molecule has 106 valence electrons. The van der Waals surface area contributed by atoms with Gasteiger partial charge in [-0.1, -0.05) is 18.2 Å². The van der Waals surface area contributed by atoms with Crippen molar-refractivity contribution in [2.24, 2.45) is 5.92 Å². The standard InChI is InChI=1S/C14H18F3NS/c1-18-13(11-5-6-19-9-11)8-10-3-2-4-12(7-10)14(15,16)17/h2-4,7,11,13,18H,5-6,8-9H2,1H3. The number of alkyl halides is 3. The molecule has 0 spiro atoms. The zero-order valence-corrected chi connectivity index (χ0v) is 11.7. The fourth-order valence-corrected chi connectivity index (χ4v) is 3.84. The number of benzene rings is 1. The number of nitrogens with one attached hydrogen (secondary N) is 1. The minimum atomic E-state index is -4.26. The molecule has 1 saturated heterocycles. The van der Waals surface area contributed by atoms with Gasteiger partial charge in [-0.15, -0.1) is 0 Å². The average molecular weight is 289 g/mol. The smallest absolute Gasteiger partial charge is 0.316 e. The summed E-state index contributed by atoms with van der Waals surface area (Å²) in [4.78, 5) is 0. The van der Waals surface area contributed by atoms with Crippen LogP contribution < -0.4 is 5.32 Å². The molecule has 1 aromatic rings. The molecule has 0 amide bonds. The van der Waals surface area contributed by atoms with Crippen molar-refractivity contribution < 1.29 is 13.2 Å². The highest BCUT2D eigenvalue weighted by atomic mass is 32.2. The average Bonchev–Trinajstić information content (AvgIpc) is 2.89. The number of thioether (sulfide) groups is 1. The molecule has 5 heteroatoms. The maximum Gasteiger partial charge on any atom is 0.416 e. The van der Waals surface area contributed by atoms with E-state index in [4.69, 9.17) is 0 Å². The SMILES string of the molecule is CNC(Cc1cccc(C(F)(F)F)c1)C1CCSC1. The van der Waals surface area contributed by atoms with Crippen LogP contribution in [0.15, 0.2) is 24.3 Å². The molecule has 1 fully saturated rings. The van der Waals surface area contributed by atoms with Gasteiger partial charge < -0.3 is 5.32 Å². The van der Waals surface area contributed by atoms with E-state index in [2.05, 4.69) is 5.32 Å². The fourth-order valence-electron chi connectivity index (χ4n) is 2.50. The number of rotatable bonds is 4. The molecule has 0 aliphatic carbocycles. The highest BCUT2D eigenvalue weighted by molar-refractivity contribution is 7.99. The summed E-state index contributed by atoms with van der Waals surface area (Å²) in [5.41, 5.74) is 0.201. The number of hydrogen-bond donors (Lipinski definition) is 1. The minimum absolute atomic E-state index is 0.262. The first-order valence-corrected chi connectivity index (χ1v) is 7.57.